The van der Waals surface area contributed by atoms with Crippen molar-refractivity contribution in [3.8, 4) is 0 Å². The third kappa shape index (κ3) is 8.13. The maximum absolute atomic E-state index is 10.5. The van der Waals surface area contributed by atoms with E-state index in [2.05, 4.69) is 30.2 Å². The molecule has 5 nitrogen and oxygen atoms in total. The van der Waals surface area contributed by atoms with E-state index in [0.717, 1.165) is 19.5 Å². The van der Waals surface area contributed by atoms with E-state index in [1.807, 2.05) is 0 Å². The molecule has 1 N–H and O–H groups in total. The van der Waals surface area contributed by atoms with Crippen molar-refractivity contribution in [2.24, 2.45) is 0 Å². The van der Waals surface area contributed by atoms with Gasteiger partial charge in [-0.3, -0.25) is 0 Å². The SMILES string of the molecule is CCCCCC[N+]1=C[NH+](CCCCS(=O)(=O)[O-])C=C1. The largest absolute Gasteiger partial charge is 0.748 e. The van der Waals surface area contributed by atoms with Crippen LogP contribution < -0.4 is 4.90 Å². The molecule has 0 aromatic heterocycles. The van der Waals surface area contributed by atoms with E-state index in [0.29, 0.717) is 6.42 Å². The van der Waals surface area contributed by atoms with Crippen LogP contribution >= 0.6 is 0 Å². The van der Waals surface area contributed by atoms with Gasteiger partial charge in [0.1, 0.15) is 0 Å². The number of unbranched alkanes of at least 4 members (excludes halogenated alkanes) is 4. The van der Waals surface area contributed by atoms with Crippen LogP contribution in [-0.4, -0.2) is 42.7 Å². The zero-order chi connectivity index (χ0) is 14.1. The molecule has 0 aliphatic carbocycles. The van der Waals surface area contributed by atoms with Crippen LogP contribution in [0.5, 0.6) is 0 Å². The Labute approximate surface area is 116 Å². The average molecular weight is 289 g/mol. The fourth-order valence-electron chi connectivity index (χ4n) is 2.11. The number of quaternary nitrogens is 1. The van der Waals surface area contributed by atoms with Gasteiger partial charge in [0.05, 0.1) is 16.7 Å². The highest BCUT2D eigenvalue weighted by atomic mass is 32.2. The predicted octanol–water partition coefficient (Wildman–Crippen LogP) is 0.303. The number of nitrogens with one attached hydrogen (secondary N) is 1. The van der Waals surface area contributed by atoms with E-state index in [-0.39, 0.29) is 5.75 Å². The Bertz CT molecular complexity index is 416. The second-order valence-electron chi connectivity index (χ2n) is 5.04. The Kier molecular flexibility index (Phi) is 7.27. The molecule has 1 unspecified atom stereocenters. The van der Waals surface area contributed by atoms with Gasteiger partial charge in [-0.2, -0.15) is 4.58 Å². The molecular weight excluding hydrogens is 264 g/mol. The van der Waals surface area contributed by atoms with Crippen molar-refractivity contribution in [1.29, 1.82) is 0 Å². The van der Waals surface area contributed by atoms with E-state index < -0.39 is 10.1 Å². The Hall–Kier alpha value is -0.720. The van der Waals surface area contributed by atoms with Gasteiger partial charge in [0.2, 0.25) is 6.20 Å². The molecule has 110 valence electrons. The third-order valence-corrected chi connectivity index (χ3v) is 3.98. The van der Waals surface area contributed by atoms with Crippen molar-refractivity contribution in [2.45, 2.75) is 45.4 Å². The van der Waals surface area contributed by atoms with Crippen molar-refractivity contribution in [3.63, 3.8) is 0 Å². The zero-order valence-corrected chi connectivity index (χ0v) is 12.5. The van der Waals surface area contributed by atoms with Crippen LogP contribution in [0.15, 0.2) is 12.4 Å². The van der Waals surface area contributed by atoms with Gasteiger partial charge >= 0.3 is 6.34 Å². The summed E-state index contributed by atoms with van der Waals surface area (Å²) in [4.78, 5) is 1.22. The summed E-state index contributed by atoms with van der Waals surface area (Å²) in [5.74, 6) is -0.245. The van der Waals surface area contributed by atoms with E-state index in [4.69, 9.17) is 0 Å². The fourth-order valence-corrected chi connectivity index (χ4v) is 2.66. The Morgan fingerprint density at radius 1 is 1.16 bits per heavy atom. The van der Waals surface area contributed by atoms with Crippen LogP contribution in [0.1, 0.15) is 45.4 Å². The summed E-state index contributed by atoms with van der Waals surface area (Å²) >= 11 is 0. The van der Waals surface area contributed by atoms with Crippen molar-refractivity contribution >= 4 is 16.5 Å². The summed E-state index contributed by atoms with van der Waals surface area (Å²) in [5.41, 5.74) is 0. The highest BCUT2D eigenvalue weighted by molar-refractivity contribution is 7.85. The van der Waals surface area contributed by atoms with Crippen molar-refractivity contribution < 1.29 is 22.4 Å². The first-order valence-corrected chi connectivity index (χ1v) is 8.67. The highest BCUT2D eigenvalue weighted by Gasteiger charge is 2.16. The van der Waals surface area contributed by atoms with E-state index in [1.165, 1.54) is 30.6 Å². The van der Waals surface area contributed by atoms with Gasteiger partial charge in [-0.25, -0.2) is 13.3 Å². The lowest BCUT2D eigenvalue weighted by molar-refractivity contribution is -0.750. The Balaban J connectivity index is 2.13. The molecule has 1 aliphatic heterocycles. The molecule has 0 saturated carbocycles. The number of nitrogens with zero attached hydrogens (tertiary/aromatic N) is 1. The van der Waals surface area contributed by atoms with Crippen LogP contribution in [0.25, 0.3) is 0 Å². The first-order valence-electron chi connectivity index (χ1n) is 7.09. The summed E-state index contributed by atoms with van der Waals surface area (Å²) in [6.45, 7) is 4.10. The molecular formula is C13H25N2O3S+. The summed E-state index contributed by atoms with van der Waals surface area (Å²) in [6.07, 6.45) is 12.5. The molecule has 1 aliphatic rings. The standard InChI is InChI=1S/C13H24N2O3S/c1-2-3-4-5-8-14-10-11-15(13-14)9-6-7-12-19(16,17)18/h10-11,13H,2-9,12H2,1H3/p+1. The van der Waals surface area contributed by atoms with Gasteiger partial charge in [-0.15, -0.1) is 0 Å². The van der Waals surface area contributed by atoms with Crippen molar-refractivity contribution in [2.75, 3.05) is 18.8 Å². The molecule has 6 heteroatoms. The van der Waals surface area contributed by atoms with Crippen molar-refractivity contribution in [3.05, 3.63) is 12.4 Å². The lowest BCUT2D eigenvalue weighted by Gasteiger charge is -2.06. The summed E-state index contributed by atoms with van der Waals surface area (Å²) in [7, 11) is -4.05. The van der Waals surface area contributed by atoms with Gasteiger partial charge in [0, 0.05) is 12.2 Å². The second kappa shape index (κ2) is 8.45. The van der Waals surface area contributed by atoms with Gasteiger partial charge in [0.25, 0.3) is 0 Å². The average Bonchev–Trinajstić information content (AvgIpc) is 2.77. The molecule has 0 spiro atoms. The monoisotopic (exact) mass is 289 g/mol. The molecule has 0 amide bonds. The zero-order valence-electron chi connectivity index (χ0n) is 11.7. The minimum Gasteiger partial charge on any atom is -0.748 e. The third-order valence-electron chi connectivity index (χ3n) is 3.19. The fraction of sp³-hybridized carbons (Fsp3) is 0.769. The molecule has 0 bridgehead atoms. The molecule has 0 aromatic carbocycles. The molecule has 0 saturated heterocycles. The quantitative estimate of drug-likeness (QED) is 0.357. The highest BCUT2D eigenvalue weighted by Crippen LogP contribution is 1.99. The Morgan fingerprint density at radius 3 is 2.63 bits per heavy atom. The predicted molar refractivity (Wildman–Crippen MR) is 74.1 cm³/mol. The summed E-state index contributed by atoms with van der Waals surface area (Å²) in [5, 5.41) is 0. The van der Waals surface area contributed by atoms with Crippen LogP contribution in [0.2, 0.25) is 0 Å². The maximum atomic E-state index is 10.5. The smallest absolute Gasteiger partial charge is 0.335 e. The minimum absolute atomic E-state index is 0.245. The summed E-state index contributed by atoms with van der Waals surface area (Å²) in [6, 6.07) is 0. The summed E-state index contributed by atoms with van der Waals surface area (Å²) < 4.78 is 33.6. The number of hydrogen-bond donors (Lipinski definition) is 1. The van der Waals surface area contributed by atoms with Gasteiger partial charge in [-0.05, 0) is 19.3 Å². The molecule has 1 rings (SSSR count). The number of hydrogen-bond acceptors (Lipinski definition) is 3. The van der Waals surface area contributed by atoms with Crippen LogP contribution in [0, 0.1) is 0 Å². The normalized spacial score (nSPS) is 18.8. The molecule has 1 heterocycles. The van der Waals surface area contributed by atoms with Gasteiger partial charge < -0.3 is 4.55 Å². The first kappa shape index (κ1) is 16.3. The lowest BCUT2D eigenvalue weighted by Crippen LogP contribution is -3.06. The number of rotatable bonds is 10. The van der Waals surface area contributed by atoms with Crippen molar-refractivity contribution in [1.82, 2.24) is 0 Å². The molecule has 1 atom stereocenters. The molecule has 19 heavy (non-hydrogen) atoms. The van der Waals surface area contributed by atoms with Crippen LogP contribution in [-0.2, 0) is 10.1 Å². The lowest BCUT2D eigenvalue weighted by atomic mass is 10.2. The first-order chi connectivity index (χ1) is 9.01. The van der Waals surface area contributed by atoms with Crippen LogP contribution in [0.4, 0.5) is 0 Å². The van der Waals surface area contributed by atoms with Crippen LogP contribution in [0.3, 0.4) is 0 Å². The molecule has 0 fully saturated rings. The maximum Gasteiger partial charge on any atom is 0.335 e. The second-order valence-corrected chi connectivity index (χ2v) is 6.56. The van der Waals surface area contributed by atoms with E-state index >= 15 is 0 Å². The van der Waals surface area contributed by atoms with E-state index in [1.54, 1.807) is 0 Å². The molecule has 0 aromatic rings. The van der Waals surface area contributed by atoms with Gasteiger partial charge in [-0.1, -0.05) is 19.8 Å². The van der Waals surface area contributed by atoms with E-state index in [9.17, 15) is 13.0 Å². The Morgan fingerprint density at radius 2 is 1.95 bits per heavy atom. The topological polar surface area (TPSA) is 64.7 Å². The molecule has 0 radical (unpaired) electrons. The minimum atomic E-state index is -4.05. The van der Waals surface area contributed by atoms with Gasteiger partial charge in [0.15, 0.2) is 12.7 Å².